The number of rotatable bonds is 1. The van der Waals surface area contributed by atoms with Crippen LogP contribution in [0.1, 0.15) is 0 Å². The molecule has 0 saturated carbocycles. The second-order valence-corrected chi connectivity index (χ2v) is 3.00. The molecule has 5 atom stereocenters. The molecule has 8 nitrogen and oxygen atoms in total. The van der Waals surface area contributed by atoms with E-state index < -0.39 is 36.3 Å². The van der Waals surface area contributed by atoms with E-state index >= 15 is 0 Å². The topological polar surface area (TPSA) is 153 Å². The highest BCUT2D eigenvalue weighted by Gasteiger charge is 2.56. The second-order valence-electron chi connectivity index (χ2n) is 3.00. The third-order valence-corrected chi connectivity index (χ3v) is 2.02. The predicted molar refractivity (Wildman–Crippen MR) is 39.3 cm³/mol. The Hall–Kier alpha value is -0.770. The standard InChI is InChI=1S/C6H11NO7/c7-5(12)6(13)3(10)1(8)2(9)4(11)14-6/h1-4,8-11,13H,(H2,7,12)/t1-,2-,3+,4+,6-/m0/s1. The third-order valence-electron chi connectivity index (χ3n) is 2.02. The normalized spacial score (nSPS) is 48.9. The number of carbonyl (C=O) groups excluding carboxylic acids is 1. The maximum absolute atomic E-state index is 10.7. The SMILES string of the molecule is NC(=O)[C@@]1(O)O[C@@H](O)[C@@H](O)[C@H](O)[C@H]1O. The first kappa shape index (κ1) is 11.3. The predicted octanol–water partition coefficient (Wildman–Crippen LogP) is -4.41. The van der Waals surface area contributed by atoms with Crippen LogP contribution < -0.4 is 5.73 Å². The smallest absolute Gasteiger partial charge is 0.280 e. The number of aliphatic hydroxyl groups is 5. The molecule has 1 amide bonds. The highest BCUT2D eigenvalue weighted by molar-refractivity contribution is 5.82. The van der Waals surface area contributed by atoms with E-state index in [1.807, 2.05) is 0 Å². The van der Waals surface area contributed by atoms with Crippen molar-refractivity contribution < 1.29 is 35.1 Å². The molecule has 0 spiro atoms. The van der Waals surface area contributed by atoms with Crippen molar-refractivity contribution in [1.82, 2.24) is 0 Å². The fourth-order valence-electron chi connectivity index (χ4n) is 1.11. The van der Waals surface area contributed by atoms with Crippen LogP contribution >= 0.6 is 0 Å². The number of ether oxygens (including phenoxy) is 1. The molecule has 1 saturated heterocycles. The van der Waals surface area contributed by atoms with Crippen LogP contribution in [0, 0.1) is 0 Å². The van der Waals surface area contributed by atoms with E-state index in [0.717, 1.165) is 0 Å². The number of hydrogen-bond donors (Lipinski definition) is 6. The van der Waals surface area contributed by atoms with Crippen molar-refractivity contribution >= 4 is 5.91 Å². The summed E-state index contributed by atoms with van der Waals surface area (Å²) < 4.78 is 4.21. The first-order valence-corrected chi connectivity index (χ1v) is 3.73. The lowest BCUT2D eigenvalue weighted by atomic mass is 9.95. The summed E-state index contributed by atoms with van der Waals surface area (Å²) in [6, 6.07) is 0. The van der Waals surface area contributed by atoms with Crippen molar-refractivity contribution in [1.29, 1.82) is 0 Å². The van der Waals surface area contributed by atoms with Gasteiger partial charge in [-0.2, -0.15) is 0 Å². The number of carbonyl (C=O) groups is 1. The summed E-state index contributed by atoms with van der Waals surface area (Å²) in [5, 5.41) is 45.5. The van der Waals surface area contributed by atoms with Crippen molar-refractivity contribution in [2.45, 2.75) is 30.4 Å². The van der Waals surface area contributed by atoms with E-state index in [1.54, 1.807) is 0 Å². The number of aliphatic hydroxyl groups excluding tert-OH is 4. The van der Waals surface area contributed by atoms with E-state index in [0.29, 0.717) is 0 Å². The van der Waals surface area contributed by atoms with Crippen LogP contribution in [0.25, 0.3) is 0 Å². The van der Waals surface area contributed by atoms with Gasteiger partial charge in [0.15, 0.2) is 6.29 Å². The van der Waals surface area contributed by atoms with E-state index in [1.165, 1.54) is 0 Å². The highest BCUT2D eigenvalue weighted by Crippen LogP contribution is 2.26. The van der Waals surface area contributed by atoms with E-state index in [-0.39, 0.29) is 0 Å². The van der Waals surface area contributed by atoms with Gasteiger partial charge in [0.05, 0.1) is 0 Å². The van der Waals surface area contributed by atoms with Crippen LogP contribution in [-0.2, 0) is 9.53 Å². The molecular weight excluding hydrogens is 198 g/mol. The van der Waals surface area contributed by atoms with Crippen LogP contribution in [0.15, 0.2) is 0 Å². The first-order chi connectivity index (χ1) is 6.30. The molecule has 7 N–H and O–H groups in total. The quantitative estimate of drug-likeness (QED) is 0.255. The Balaban J connectivity index is 2.96. The van der Waals surface area contributed by atoms with Gasteiger partial charge in [-0.1, -0.05) is 0 Å². The van der Waals surface area contributed by atoms with Gasteiger partial charge >= 0.3 is 0 Å². The average molecular weight is 209 g/mol. The first-order valence-electron chi connectivity index (χ1n) is 3.73. The maximum Gasteiger partial charge on any atom is 0.280 e. The Kier molecular flexibility index (Phi) is 2.76. The van der Waals surface area contributed by atoms with Crippen LogP contribution in [0.2, 0.25) is 0 Å². The van der Waals surface area contributed by atoms with E-state index in [2.05, 4.69) is 10.5 Å². The molecule has 0 radical (unpaired) electrons. The Morgan fingerprint density at radius 3 is 2.14 bits per heavy atom. The molecule has 1 rings (SSSR count). The minimum atomic E-state index is -2.90. The van der Waals surface area contributed by atoms with Crippen LogP contribution in [0.3, 0.4) is 0 Å². The van der Waals surface area contributed by atoms with Gasteiger partial charge in [0, 0.05) is 0 Å². The lowest BCUT2D eigenvalue weighted by Crippen LogP contribution is -2.68. The van der Waals surface area contributed by atoms with Gasteiger partial charge in [0.25, 0.3) is 11.7 Å². The minimum Gasteiger partial charge on any atom is -0.387 e. The monoisotopic (exact) mass is 209 g/mol. The van der Waals surface area contributed by atoms with E-state index in [9.17, 15) is 9.90 Å². The highest BCUT2D eigenvalue weighted by atomic mass is 16.7. The zero-order valence-corrected chi connectivity index (χ0v) is 6.94. The summed E-state index contributed by atoms with van der Waals surface area (Å²) in [4.78, 5) is 10.7. The molecule has 0 bridgehead atoms. The molecule has 1 fully saturated rings. The lowest BCUT2D eigenvalue weighted by molar-refractivity contribution is -0.365. The molecule has 14 heavy (non-hydrogen) atoms. The second kappa shape index (κ2) is 3.42. The molecule has 0 aromatic rings. The third kappa shape index (κ3) is 1.47. The molecule has 0 aliphatic carbocycles. The lowest BCUT2D eigenvalue weighted by Gasteiger charge is -2.41. The number of primary amides is 1. The van der Waals surface area contributed by atoms with Crippen molar-refractivity contribution in [3.63, 3.8) is 0 Å². The van der Waals surface area contributed by atoms with Crippen molar-refractivity contribution in [2.75, 3.05) is 0 Å². The van der Waals surface area contributed by atoms with Gasteiger partial charge in [-0.25, -0.2) is 0 Å². The molecule has 0 aromatic carbocycles. The van der Waals surface area contributed by atoms with Gasteiger partial charge in [-0.15, -0.1) is 0 Å². The van der Waals surface area contributed by atoms with E-state index in [4.69, 9.17) is 20.4 Å². The summed E-state index contributed by atoms with van der Waals surface area (Å²) in [6.45, 7) is 0. The van der Waals surface area contributed by atoms with Crippen LogP contribution in [-0.4, -0.2) is 61.8 Å². The zero-order chi connectivity index (χ0) is 11.1. The fraction of sp³-hybridized carbons (Fsp3) is 0.833. The average Bonchev–Trinajstić information content (AvgIpc) is 2.11. The Morgan fingerprint density at radius 1 is 1.21 bits per heavy atom. The van der Waals surface area contributed by atoms with Crippen molar-refractivity contribution in [3.8, 4) is 0 Å². The van der Waals surface area contributed by atoms with Crippen molar-refractivity contribution in [3.05, 3.63) is 0 Å². The van der Waals surface area contributed by atoms with Gasteiger partial charge in [0.2, 0.25) is 0 Å². The number of nitrogens with two attached hydrogens (primary N) is 1. The van der Waals surface area contributed by atoms with Gasteiger partial charge < -0.3 is 36.0 Å². The zero-order valence-electron chi connectivity index (χ0n) is 6.94. The van der Waals surface area contributed by atoms with Gasteiger partial charge in [-0.3, -0.25) is 4.79 Å². The number of hydrogen-bond acceptors (Lipinski definition) is 7. The molecule has 1 aliphatic heterocycles. The maximum atomic E-state index is 10.7. The molecule has 1 heterocycles. The molecule has 0 unspecified atom stereocenters. The van der Waals surface area contributed by atoms with Gasteiger partial charge in [-0.05, 0) is 0 Å². The Labute approximate surface area is 78.1 Å². The largest absolute Gasteiger partial charge is 0.387 e. The summed E-state index contributed by atoms with van der Waals surface area (Å²) >= 11 is 0. The number of amides is 1. The minimum absolute atomic E-state index is 1.48. The molecule has 0 aromatic heterocycles. The van der Waals surface area contributed by atoms with Crippen LogP contribution in [0.4, 0.5) is 0 Å². The van der Waals surface area contributed by atoms with Crippen molar-refractivity contribution in [2.24, 2.45) is 5.73 Å². The summed E-state index contributed by atoms with van der Waals surface area (Å²) in [6.07, 6.45) is -7.90. The Morgan fingerprint density at radius 2 is 1.71 bits per heavy atom. The summed E-state index contributed by atoms with van der Waals surface area (Å²) in [5.41, 5.74) is 4.68. The molecule has 8 heteroatoms. The molecular formula is C6H11NO7. The van der Waals surface area contributed by atoms with Gasteiger partial charge in [0.1, 0.15) is 18.3 Å². The van der Waals surface area contributed by atoms with Crippen LogP contribution in [0.5, 0.6) is 0 Å². The molecule has 82 valence electrons. The summed E-state index contributed by atoms with van der Waals surface area (Å²) in [5.74, 6) is -4.38. The summed E-state index contributed by atoms with van der Waals surface area (Å²) in [7, 11) is 0. The fourth-order valence-corrected chi connectivity index (χ4v) is 1.11. The molecule has 1 aliphatic rings. The Bertz CT molecular complexity index is 246.